The van der Waals surface area contributed by atoms with Crippen LogP contribution in [0.1, 0.15) is 10.4 Å². The molecule has 1 amide bonds. The van der Waals surface area contributed by atoms with Gasteiger partial charge in [0.15, 0.2) is 5.82 Å². The highest BCUT2D eigenvalue weighted by atomic mass is 35.5. The molecule has 0 spiro atoms. The maximum Gasteiger partial charge on any atom is 0.288 e. The first-order chi connectivity index (χ1) is 9.91. The standard InChI is InChI=1S/C13H7Cl2FN2O3/c14-8-4-2-5-9(12(8)16)17-13(19)7-3-1-6-10(11(7)15)18(20)21/h1-6H,(H,17,19). The van der Waals surface area contributed by atoms with Crippen LogP contribution in [0, 0.1) is 15.9 Å². The summed E-state index contributed by atoms with van der Waals surface area (Å²) < 4.78 is 13.7. The van der Waals surface area contributed by atoms with E-state index in [2.05, 4.69) is 5.32 Å². The number of amides is 1. The van der Waals surface area contributed by atoms with Crippen molar-refractivity contribution in [3.05, 3.63) is 67.9 Å². The first-order valence-corrected chi connectivity index (χ1v) is 6.35. The SMILES string of the molecule is O=C(Nc1cccc(Cl)c1F)c1cccc([N+](=O)[O-])c1Cl. The zero-order chi connectivity index (χ0) is 15.6. The molecule has 0 aliphatic rings. The molecular weight excluding hydrogens is 322 g/mol. The van der Waals surface area contributed by atoms with Crippen LogP contribution in [0.25, 0.3) is 0 Å². The van der Waals surface area contributed by atoms with Gasteiger partial charge in [-0.05, 0) is 18.2 Å². The molecule has 108 valence electrons. The lowest BCUT2D eigenvalue weighted by atomic mass is 10.1. The van der Waals surface area contributed by atoms with Crippen molar-refractivity contribution in [2.75, 3.05) is 5.32 Å². The molecule has 2 rings (SSSR count). The van der Waals surface area contributed by atoms with E-state index in [1.165, 1.54) is 36.4 Å². The maximum absolute atomic E-state index is 13.7. The molecule has 0 saturated carbocycles. The van der Waals surface area contributed by atoms with Crippen LogP contribution in [0.15, 0.2) is 36.4 Å². The molecule has 0 aliphatic carbocycles. The van der Waals surface area contributed by atoms with Gasteiger partial charge in [-0.15, -0.1) is 0 Å². The van der Waals surface area contributed by atoms with Crippen molar-refractivity contribution >= 4 is 40.5 Å². The van der Waals surface area contributed by atoms with E-state index in [-0.39, 0.29) is 21.3 Å². The summed E-state index contributed by atoms with van der Waals surface area (Å²) in [6.45, 7) is 0. The van der Waals surface area contributed by atoms with Gasteiger partial charge in [-0.25, -0.2) is 4.39 Å². The molecule has 2 aromatic carbocycles. The van der Waals surface area contributed by atoms with Crippen LogP contribution in [-0.2, 0) is 0 Å². The minimum atomic E-state index is -0.797. The molecule has 5 nitrogen and oxygen atoms in total. The number of anilines is 1. The summed E-state index contributed by atoms with van der Waals surface area (Å²) in [6, 6.07) is 7.87. The lowest BCUT2D eigenvalue weighted by Gasteiger charge is -2.08. The van der Waals surface area contributed by atoms with E-state index in [0.717, 1.165) is 0 Å². The van der Waals surface area contributed by atoms with Gasteiger partial charge in [0, 0.05) is 6.07 Å². The largest absolute Gasteiger partial charge is 0.319 e. The van der Waals surface area contributed by atoms with Crippen LogP contribution in [0.2, 0.25) is 10.0 Å². The predicted molar refractivity (Wildman–Crippen MR) is 77.5 cm³/mol. The van der Waals surface area contributed by atoms with E-state index < -0.39 is 22.3 Å². The highest BCUT2D eigenvalue weighted by molar-refractivity contribution is 6.36. The van der Waals surface area contributed by atoms with Gasteiger partial charge >= 0.3 is 0 Å². The van der Waals surface area contributed by atoms with E-state index in [4.69, 9.17) is 23.2 Å². The monoisotopic (exact) mass is 328 g/mol. The predicted octanol–water partition coefficient (Wildman–Crippen LogP) is 4.29. The molecule has 1 N–H and O–H groups in total. The van der Waals surface area contributed by atoms with Crippen molar-refractivity contribution < 1.29 is 14.1 Å². The zero-order valence-electron chi connectivity index (χ0n) is 10.3. The summed E-state index contributed by atoms with van der Waals surface area (Å²) in [5.41, 5.74) is -0.684. The topological polar surface area (TPSA) is 72.2 Å². The van der Waals surface area contributed by atoms with Gasteiger partial charge in [0.05, 0.1) is 21.2 Å². The van der Waals surface area contributed by atoms with Crippen LogP contribution in [-0.4, -0.2) is 10.8 Å². The van der Waals surface area contributed by atoms with Gasteiger partial charge in [0.1, 0.15) is 5.02 Å². The number of nitro groups is 1. The van der Waals surface area contributed by atoms with Gasteiger partial charge in [0.2, 0.25) is 0 Å². The average Bonchev–Trinajstić information content (AvgIpc) is 2.43. The molecule has 0 aliphatic heterocycles. The number of halogens is 3. The van der Waals surface area contributed by atoms with Crippen molar-refractivity contribution in [1.82, 2.24) is 0 Å². The highest BCUT2D eigenvalue weighted by Crippen LogP contribution is 2.29. The second-order valence-electron chi connectivity index (χ2n) is 3.95. The summed E-state index contributed by atoms with van der Waals surface area (Å²) in [7, 11) is 0. The molecular formula is C13H7Cl2FN2O3. The van der Waals surface area contributed by atoms with E-state index >= 15 is 0 Å². The molecule has 21 heavy (non-hydrogen) atoms. The van der Waals surface area contributed by atoms with Gasteiger partial charge in [-0.3, -0.25) is 14.9 Å². The first kappa shape index (κ1) is 15.2. The Morgan fingerprint density at radius 1 is 1.19 bits per heavy atom. The Balaban J connectivity index is 2.35. The van der Waals surface area contributed by atoms with Crippen molar-refractivity contribution in [3.8, 4) is 0 Å². The Labute approximate surface area is 128 Å². The Kier molecular flexibility index (Phi) is 4.40. The van der Waals surface area contributed by atoms with E-state index in [0.29, 0.717) is 0 Å². The highest BCUT2D eigenvalue weighted by Gasteiger charge is 2.20. The smallest absolute Gasteiger partial charge is 0.288 e. The number of benzene rings is 2. The summed E-state index contributed by atoms with van der Waals surface area (Å²) in [5.74, 6) is -1.57. The summed E-state index contributed by atoms with van der Waals surface area (Å²) >= 11 is 11.4. The molecule has 0 radical (unpaired) electrons. The van der Waals surface area contributed by atoms with Crippen LogP contribution in [0.4, 0.5) is 15.8 Å². The third-order valence-corrected chi connectivity index (χ3v) is 3.31. The molecule has 2 aromatic rings. The van der Waals surface area contributed by atoms with Crippen molar-refractivity contribution in [2.45, 2.75) is 0 Å². The fourth-order valence-corrected chi connectivity index (χ4v) is 2.08. The number of nitrogens with one attached hydrogen (secondary N) is 1. The van der Waals surface area contributed by atoms with E-state index in [9.17, 15) is 19.3 Å². The van der Waals surface area contributed by atoms with Crippen LogP contribution >= 0.6 is 23.2 Å². The van der Waals surface area contributed by atoms with Crippen LogP contribution in [0.3, 0.4) is 0 Å². The number of nitrogens with zero attached hydrogens (tertiary/aromatic N) is 1. The van der Waals surface area contributed by atoms with Crippen LogP contribution in [0.5, 0.6) is 0 Å². The van der Waals surface area contributed by atoms with E-state index in [1.54, 1.807) is 0 Å². The maximum atomic E-state index is 13.7. The summed E-state index contributed by atoms with van der Waals surface area (Å²) in [5, 5.41) is 12.6. The number of carbonyl (C=O) groups excluding carboxylic acids is 1. The zero-order valence-corrected chi connectivity index (χ0v) is 11.8. The Hall–Kier alpha value is -2.18. The lowest BCUT2D eigenvalue weighted by Crippen LogP contribution is -2.14. The number of rotatable bonds is 3. The number of carbonyl (C=O) groups is 1. The second-order valence-corrected chi connectivity index (χ2v) is 4.74. The van der Waals surface area contributed by atoms with Crippen molar-refractivity contribution in [3.63, 3.8) is 0 Å². The van der Waals surface area contributed by atoms with Gasteiger partial charge in [-0.2, -0.15) is 0 Å². The summed E-state index contributed by atoms with van der Waals surface area (Å²) in [6.07, 6.45) is 0. The number of hydrogen-bond acceptors (Lipinski definition) is 3. The molecule has 0 bridgehead atoms. The average molecular weight is 329 g/mol. The number of hydrogen-bond donors (Lipinski definition) is 1. The van der Waals surface area contributed by atoms with Gasteiger partial charge in [0.25, 0.3) is 11.6 Å². The minimum Gasteiger partial charge on any atom is -0.319 e. The third kappa shape index (κ3) is 3.12. The molecule has 0 unspecified atom stereocenters. The second kappa shape index (κ2) is 6.07. The Bertz CT molecular complexity index is 737. The minimum absolute atomic E-state index is 0.134. The van der Waals surface area contributed by atoms with Crippen molar-refractivity contribution in [2.24, 2.45) is 0 Å². The molecule has 0 saturated heterocycles. The fourth-order valence-electron chi connectivity index (χ4n) is 1.63. The summed E-state index contributed by atoms with van der Waals surface area (Å²) in [4.78, 5) is 22.1. The fraction of sp³-hybridized carbons (Fsp3) is 0. The quantitative estimate of drug-likeness (QED) is 0.674. The van der Waals surface area contributed by atoms with E-state index in [1.807, 2.05) is 0 Å². The first-order valence-electron chi connectivity index (χ1n) is 5.60. The molecule has 0 fully saturated rings. The molecule has 0 atom stereocenters. The molecule has 0 heterocycles. The Morgan fingerprint density at radius 3 is 2.52 bits per heavy atom. The van der Waals surface area contributed by atoms with Gasteiger partial charge < -0.3 is 5.32 Å². The molecule has 8 heteroatoms. The van der Waals surface area contributed by atoms with Crippen molar-refractivity contribution in [1.29, 1.82) is 0 Å². The molecule has 0 aromatic heterocycles. The number of nitro benzene ring substituents is 1. The normalized spacial score (nSPS) is 10.2. The third-order valence-electron chi connectivity index (χ3n) is 2.62. The van der Waals surface area contributed by atoms with Gasteiger partial charge in [-0.1, -0.05) is 35.3 Å². The lowest BCUT2D eigenvalue weighted by molar-refractivity contribution is -0.384. The van der Waals surface area contributed by atoms with Crippen LogP contribution < -0.4 is 5.32 Å². The Morgan fingerprint density at radius 2 is 1.86 bits per heavy atom.